The highest BCUT2D eigenvalue weighted by Crippen LogP contribution is 2.01. The van der Waals surface area contributed by atoms with E-state index in [1.165, 1.54) is 0 Å². The van der Waals surface area contributed by atoms with Crippen molar-refractivity contribution in [1.82, 2.24) is 10.6 Å². The van der Waals surface area contributed by atoms with E-state index in [0.717, 1.165) is 57.4 Å². The van der Waals surface area contributed by atoms with Crippen LogP contribution in [0.2, 0.25) is 0 Å². The molecule has 146 valence electrons. The zero-order valence-electron chi connectivity index (χ0n) is 15.8. The minimum absolute atomic E-state index is 0. The molecule has 0 atom stereocenters. The average Bonchev–Trinajstić information content (AvgIpc) is 3.06. The lowest BCUT2D eigenvalue weighted by molar-refractivity contribution is 0.105. The first kappa shape index (κ1) is 24.2. The van der Waals surface area contributed by atoms with E-state index in [4.69, 9.17) is 13.9 Å². The lowest BCUT2D eigenvalue weighted by Gasteiger charge is -2.12. The Bertz CT molecular complexity index is 425. The van der Waals surface area contributed by atoms with Crippen LogP contribution in [0.25, 0.3) is 0 Å². The number of aliphatic imine (C=N–C) groups is 1. The van der Waals surface area contributed by atoms with Gasteiger partial charge < -0.3 is 24.5 Å². The summed E-state index contributed by atoms with van der Waals surface area (Å²) in [6, 6.07) is 3.78. The van der Waals surface area contributed by atoms with Crippen LogP contribution in [0.5, 0.6) is 0 Å². The Hall–Kier alpha value is -0.800. The number of rotatable bonds is 13. The number of ether oxygens (including phenoxy) is 2. The maximum Gasteiger partial charge on any atom is 0.191 e. The molecule has 0 fully saturated rings. The van der Waals surface area contributed by atoms with Crippen molar-refractivity contribution in [3.63, 3.8) is 0 Å². The van der Waals surface area contributed by atoms with Crippen molar-refractivity contribution in [2.45, 2.75) is 40.2 Å². The fourth-order valence-electron chi connectivity index (χ4n) is 1.97. The van der Waals surface area contributed by atoms with Gasteiger partial charge in [-0.3, -0.25) is 4.99 Å². The van der Waals surface area contributed by atoms with Gasteiger partial charge in [-0.1, -0.05) is 13.8 Å². The van der Waals surface area contributed by atoms with E-state index in [1.807, 2.05) is 12.1 Å². The van der Waals surface area contributed by atoms with E-state index in [0.29, 0.717) is 19.1 Å². The molecule has 0 bridgehead atoms. The molecule has 7 heteroatoms. The molecule has 1 rings (SSSR count). The average molecular weight is 467 g/mol. The smallest absolute Gasteiger partial charge is 0.191 e. The van der Waals surface area contributed by atoms with E-state index >= 15 is 0 Å². The molecule has 0 saturated carbocycles. The highest BCUT2D eigenvalue weighted by Gasteiger charge is 1.98. The van der Waals surface area contributed by atoms with Crippen molar-refractivity contribution < 1.29 is 13.9 Å². The third-order valence-corrected chi connectivity index (χ3v) is 3.09. The van der Waals surface area contributed by atoms with Crippen molar-refractivity contribution in [2.75, 3.05) is 39.5 Å². The molecule has 0 radical (unpaired) electrons. The molecule has 1 aromatic heterocycles. The molecule has 0 unspecified atom stereocenters. The summed E-state index contributed by atoms with van der Waals surface area (Å²) in [5.74, 6) is 2.30. The summed E-state index contributed by atoms with van der Waals surface area (Å²) in [5.41, 5.74) is 0. The van der Waals surface area contributed by atoms with Crippen LogP contribution in [-0.4, -0.2) is 45.4 Å². The second kappa shape index (κ2) is 16.7. The van der Waals surface area contributed by atoms with Crippen LogP contribution in [0.4, 0.5) is 0 Å². The van der Waals surface area contributed by atoms with Crippen LogP contribution >= 0.6 is 24.0 Å². The van der Waals surface area contributed by atoms with E-state index < -0.39 is 0 Å². The van der Waals surface area contributed by atoms with E-state index in [1.54, 1.807) is 6.26 Å². The molecule has 25 heavy (non-hydrogen) atoms. The number of hydrogen-bond acceptors (Lipinski definition) is 4. The summed E-state index contributed by atoms with van der Waals surface area (Å²) in [6.45, 7) is 11.6. The molecule has 1 aromatic rings. The molecule has 1 heterocycles. The molecular formula is C18H34IN3O3. The van der Waals surface area contributed by atoms with Crippen molar-refractivity contribution in [3.8, 4) is 0 Å². The zero-order chi connectivity index (χ0) is 17.5. The van der Waals surface area contributed by atoms with Gasteiger partial charge in [0.25, 0.3) is 0 Å². The van der Waals surface area contributed by atoms with Crippen molar-refractivity contribution in [3.05, 3.63) is 24.2 Å². The topological polar surface area (TPSA) is 68.0 Å². The lowest BCUT2D eigenvalue weighted by Crippen LogP contribution is -2.38. The van der Waals surface area contributed by atoms with Gasteiger partial charge in [0.05, 0.1) is 6.26 Å². The quantitative estimate of drug-likeness (QED) is 0.202. The third kappa shape index (κ3) is 14.1. The zero-order valence-corrected chi connectivity index (χ0v) is 18.1. The highest BCUT2D eigenvalue weighted by molar-refractivity contribution is 14.0. The fraction of sp³-hybridized carbons (Fsp3) is 0.722. The lowest BCUT2D eigenvalue weighted by atomic mass is 10.2. The summed E-state index contributed by atoms with van der Waals surface area (Å²) < 4.78 is 16.3. The Labute approximate surface area is 169 Å². The Kier molecular flexibility index (Phi) is 16.1. The number of nitrogens with zero attached hydrogens (tertiary/aromatic N) is 1. The van der Waals surface area contributed by atoms with Gasteiger partial charge in [-0.25, -0.2) is 0 Å². The molecule has 0 aliphatic rings. The van der Waals surface area contributed by atoms with Crippen molar-refractivity contribution in [1.29, 1.82) is 0 Å². The molecular weight excluding hydrogens is 433 g/mol. The number of furan rings is 1. The summed E-state index contributed by atoms with van der Waals surface area (Å²) in [5, 5.41) is 6.57. The Balaban J connectivity index is 0.00000576. The van der Waals surface area contributed by atoms with Gasteiger partial charge in [0.2, 0.25) is 0 Å². The second-order valence-electron chi connectivity index (χ2n) is 6.00. The summed E-state index contributed by atoms with van der Waals surface area (Å²) in [7, 11) is 0. The van der Waals surface area contributed by atoms with Crippen LogP contribution in [0.1, 0.15) is 39.4 Å². The Morgan fingerprint density at radius 1 is 1.20 bits per heavy atom. The minimum Gasteiger partial charge on any atom is -0.467 e. The van der Waals surface area contributed by atoms with Crippen LogP contribution in [0.15, 0.2) is 27.8 Å². The van der Waals surface area contributed by atoms with Crippen LogP contribution in [0, 0.1) is 5.92 Å². The molecule has 0 aliphatic heterocycles. The number of nitrogens with one attached hydrogen (secondary N) is 2. The Morgan fingerprint density at radius 3 is 2.68 bits per heavy atom. The molecule has 6 nitrogen and oxygen atoms in total. The van der Waals surface area contributed by atoms with Gasteiger partial charge in [0.1, 0.15) is 12.4 Å². The largest absolute Gasteiger partial charge is 0.467 e. The second-order valence-corrected chi connectivity index (χ2v) is 6.00. The highest BCUT2D eigenvalue weighted by atomic mass is 127. The predicted molar refractivity (Wildman–Crippen MR) is 113 cm³/mol. The molecule has 0 aliphatic carbocycles. The van der Waals surface area contributed by atoms with Crippen molar-refractivity contribution >= 4 is 29.9 Å². The third-order valence-electron chi connectivity index (χ3n) is 3.09. The number of guanidine groups is 1. The van der Waals surface area contributed by atoms with E-state index in [-0.39, 0.29) is 24.0 Å². The minimum atomic E-state index is 0. The monoisotopic (exact) mass is 467 g/mol. The summed E-state index contributed by atoms with van der Waals surface area (Å²) in [4.78, 5) is 4.54. The van der Waals surface area contributed by atoms with Gasteiger partial charge in [-0.2, -0.15) is 0 Å². The standard InChI is InChI=1S/C18H33N3O3.HI/c1-4-19-18(20-9-6-11-22-14-16(2)3)21-10-7-12-23-15-17-8-5-13-24-17;/h5,8,13,16H,4,6-7,9-12,14-15H2,1-3H3,(H2,19,20,21);1H. The molecule has 0 amide bonds. The number of hydrogen-bond donors (Lipinski definition) is 2. The van der Waals surface area contributed by atoms with Gasteiger partial charge in [-0.15, -0.1) is 24.0 Å². The first-order valence-corrected chi connectivity index (χ1v) is 8.92. The van der Waals surface area contributed by atoms with E-state index in [9.17, 15) is 0 Å². The molecule has 2 N–H and O–H groups in total. The molecule has 0 saturated heterocycles. The maximum absolute atomic E-state index is 5.57. The SMILES string of the molecule is CCNC(=NCCCOCc1ccco1)NCCCOCC(C)C.I. The predicted octanol–water partition coefficient (Wildman–Crippen LogP) is 3.42. The summed E-state index contributed by atoms with van der Waals surface area (Å²) in [6.07, 6.45) is 3.52. The van der Waals surface area contributed by atoms with Crippen molar-refractivity contribution in [2.24, 2.45) is 10.9 Å². The first-order chi connectivity index (χ1) is 11.7. The van der Waals surface area contributed by atoms with Gasteiger partial charge in [-0.05, 0) is 37.8 Å². The van der Waals surface area contributed by atoms with Gasteiger partial charge in [0.15, 0.2) is 5.96 Å². The van der Waals surface area contributed by atoms with Crippen LogP contribution in [-0.2, 0) is 16.1 Å². The molecule has 0 spiro atoms. The van der Waals surface area contributed by atoms with Gasteiger partial charge in [0, 0.05) is 39.5 Å². The first-order valence-electron chi connectivity index (χ1n) is 8.92. The fourth-order valence-corrected chi connectivity index (χ4v) is 1.97. The Morgan fingerprint density at radius 2 is 2.00 bits per heavy atom. The number of halogens is 1. The van der Waals surface area contributed by atoms with Crippen LogP contribution < -0.4 is 10.6 Å². The van der Waals surface area contributed by atoms with Crippen LogP contribution in [0.3, 0.4) is 0 Å². The summed E-state index contributed by atoms with van der Waals surface area (Å²) >= 11 is 0. The van der Waals surface area contributed by atoms with Gasteiger partial charge >= 0.3 is 0 Å². The molecule has 0 aromatic carbocycles. The maximum atomic E-state index is 5.57. The normalized spacial score (nSPS) is 11.4. The van der Waals surface area contributed by atoms with E-state index in [2.05, 4.69) is 36.4 Å².